The monoisotopic (exact) mass is 436 g/mol. The number of fused-ring (bicyclic) bond motifs is 1. The smallest absolute Gasteiger partial charge is 0.243 e. The van der Waals surface area contributed by atoms with Crippen molar-refractivity contribution in [3.05, 3.63) is 18.2 Å². The number of ether oxygens (including phenoxy) is 2. The zero-order chi connectivity index (χ0) is 21.3. The lowest BCUT2D eigenvalue weighted by molar-refractivity contribution is -0.141. The van der Waals surface area contributed by atoms with E-state index in [0.29, 0.717) is 56.7 Å². The van der Waals surface area contributed by atoms with Crippen molar-refractivity contribution in [1.82, 2.24) is 9.21 Å². The minimum Gasteiger partial charge on any atom is -0.486 e. The van der Waals surface area contributed by atoms with Gasteiger partial charge in [-0.3, -0.25) is 4.79 Å². The largest absolute Gasteiger partial charge is 0.486 e. The summed E-state index contributed by atoms with van der Waals surface area (Å²) in [5.74, 6) is 1.15. The predicted octanol–water partition coefficient (Wildman–Crippen LogP) is 3.04. The number of hydrogen-bond donors (Lipinski definition) is 0. The molecule has 0 unspecified atom stereocenters. The average Bonchev–Trinajstić information content (AvgIpc) is 3.27. The molecule has 1 aliphatic carbocycles. The van der Waals surface area contributed by atoms with Crippen LogP contribution in [0.3, 0.4) is 0 Å². The summed E-state index contributed by atoms with van der Waals surface area (Å²) in [5.41, 5.74) is 0. The maximum Gasteiger partial charge on any atom is 0.243 e. The van der Waals surface area contributed by atoms with E-state index in [1.54, 1.807) is 18.2 Å². The minimum absolute atomic E-state index is 0.0975. The van der Waals surface area contributed by atoms with Crippen molar-refractivity contribution < 1.29 is 22.7 Å². The van der Waals surface area contributed by atoms with Crippen LogP contribution in [0.5, 0.6) is 11.5 Å². The van der Waals surface area contributed by atoms with Crippen LogP contribution >= 0.6 is 0 Å². The fourth-order valence-electron chi connectivity index (χ4n) is 4.93. The summed E-state index contributed by atoms with van der Waals surface area (Å²) in [6, 6.07) is 5.29. The number of amides is 1. The van der Waals surface area contributed by atoms with Crippen LogP contribution in [-0.4, -0.2) is 61.9 Å². The summed E-state index contributed by atoms with van der Waals surface area (Å²) in [4.78, 5) is 15.5. The molecule has 0 bridgehead atoms. The third-order valence-corrected chi connectivity index (χ3v) is 8.38. The van der Waals surface area contributed by atoms with E-state index in [4.69, 9.17) is 9.47 Å². The molecule has 2 heterocycles. The Labute approximate surface area is 179 Å². The first-order valence-electron chi connectivity index (χ1n) is 11.1. The fraction of sp³-hybridized carbons (Fsp3) is 0.682. The second-order valence-electron chi connectivity index (χ2n) is 8.76. The SMILES string of the molecule is CC(C)N(C(=O)C1CCN(S(=O)(=O)c2ccc3c(c2)OCCO3)CC1)C1CCCC1. The second kappa shape index (κ2) is 8.75. The summed E-state index contributed by atoms with van der Waals surface area (Å²) < 4.78 is 38.8. The average molecular weight is 437 g/mol. The van der Waals surface area contributed by atoms with Crippen LogP contribution in [-0.2, 0) is 14.8 Å². The molecule has 2 fully saturated rings. The van der Waals surface area contributed by atoms with Crippen LogP contribution in [0, 0.1) is 5.92 Å². The van der Waals surface area contributed by atoms with Crippen molar-refractivity contribution in [1.29, 1.82) is 0 Å². The number of hydrogen-bond acceptors (Lipinski definition) is 5. The highest BCUT2D eigenvalue weighted by Gasteiger charge is 2.37. The van der Waals surface area contributed by atoms with E-state index in [1.807, 2.05) is 0 Å². The molecule has 0 atom stereocenters. The van der Waals surface area contributed by atoms with Crippen LogP contribution in [0.1, 0.15) is 52.4 Å². The molecule has 0 aromatic heterocycles. The summed E-state index contributed by atoms with van der Waals surface area (Å²) >= 11 is 0. The molecule has 30 heavy (non-hydrogen) atoms. The zero-order valence-electron chi connectivity index (χ0n) is 17.9. The maximum atomic E-state index is 13.2. The summed E-state index contributed by atoms with van der Waals surface area (Å²) in [5, 5.41) is 0. The summed E-state index contributed by atoms with van der Waals surface area (Å²) in [7, 11) is -3.62. The zero-order valence-corrected chi connectivity index (χ0v) is 18.7. The normalized spacial score (nSPS) is 21.2. The Morgan fingerprint density at radius 2 is 1.67 bits per heavy atom. The first-order valence-corrected chi connectivity index (χ1v) is 12.5. The molecule has 1 saturated heterocycles. The fourth-order valence-corrected chi connectivity index (χ4v) is 6.41. The van der Waals surface area contributed by atoms with Crippen LogP contribution < -0.4 is 9.47 Å². The maximum absolute atomic E-state index is 13.2. The lowest BCUT2D eigenvalue weighted by Gasteiger charge is -2.38. The van der Waals surface area contributed by atoms with E-state index in [9.17, 15) is 13.2 Å². The van der Waals surface area contributed by atoms with Gasteiger partial charge in [0.15, 0.2) is 11.5 Å². The molecular formula is C22H32N2O5S. The van der Waals surface area contributed by atoms with E-state index >= 15 is 0 Å². The Morgan fingerprint density at radius 1 is 1.03 bits per heavy atom. The van der Waals surface area contributed by atoms with Crippen LogP contribution in [0.2, 0.25) is 0 Å². The van der Waals surface area contributed by atoms with Gasteiger partial charge in [-0.15, -0.1) is 0 Å². The Bertz CT molecular complexity index is 872. The highest BCUT2D eigenvalue weighted by atomic mass is 32.2. The first kappa shape index (κ1) is 21.4. The molecule has 1 saturated carbocycles. The Balaban J connectivity index is 1.42. The molecule has 0 spiro atoms. The summed E-state index contributed by atoms with van der Waals surface area (Å²) in [6.07, 6.45) is 5.68. The van der Waals surface area contributed by atoms with Gasteiger partial charge in [0.25, 0.3) is 0 Å². The van der Waals surface area contributed by atoms with E-state index < -0.39 is 10.0 Å². The quantitative estimate of drug-likeness (QED) is 0.709. The molecule has 0 radical (unpaired) electrons. The van der Waals surface area contributed by atoms with Gasteiger partial charge in [0.05, 0.1) is 4.90 Å². The van der Waals surface area contributed by atoms with Gasteiger partial charge < -0.3 is 14.4 Å². The van der Waals surface area contributed by atoms with Gasteiger partial charge in [-0.25, -0.2) is 8.42 Å². The van der Waals surface area contributed by atoms with Crippen molar-refractivity contribution >= 4 is 15.9 Å². The standard InChI is InChI=1S/C22H32N2O5S/c1-16(2)24(18-5-3-4-6-18)22(25)17-9-11-23(12-10-17)30(26,27)19-7-8-20-21(15-19)29-14-13-28-20/h7-8,15-18H,3-6,9-14H2,1-2H3. The summed E-state index contributed by atoms with van der Waals surface area (Å²) in [6.45, 7) is 5.77. The Morgan fingerprint density at radius 3 is 2.30 bits per heavy atom. The van der Waals surface area contributed by atoms with Crippen molar-refractivity contribution in [2.45, 2.75) is 69.4 Å². The van der Waals surface area contributed by atoms with Crippen LogP contribution in [0.15, 0.2) is 23.1 Å². The van der Waals surface area contributed by atoms with Crippen molar-refractivity contribution in [2.24, 2.45) is 5.92 Å². The van der Waals surface area contributed by atoms with E-state index in [1.165, 1.54) is 17.1 Å². The Hall–Kier alpha value is -1.80. The van der Waals surface area contributed by atoms with Gasteiger partial charge in [-0.05, 0) is 51.7 Å². The molecule has 166 valence electrons. The van der Waals surface area contributed by atoms with Crippen molar-refractivity contribution in [2.75, 3.05) is 26.3 Å². The van der Waals surface area contributed by atoms with E-state index in [0.717, 1.165) is 12.8 Å². The van der Waals surface area contributed by atoms with Gasteiger partial charge in [-0.1, -0.05) is 12.8 Å². The third-order valence-electron chi connectivity index (χ3n) is 6.48. The molecule has 1 amide bonds. The van der Waals surface area contributed by atoms with E-state index in [2.05, 4.69) is 18.7 Å². The number of nitrogens with zero attached hydrogens (tertiary/aromatic N) is 2. The number of benzene rings is 1. The molecule has 3 aliphatic rings. The first-order chi connectivity index (χ1) is 14.4. The second-order valence-corrected chi connectivity index (χ2v) is 10.7. The molecule has 1 aromatic carbocycles. The number of sulfonamides is 1. The van der Waals surface area contributed by atoms with Gasteiger partial charge in [0.2, 0.25) is 15.9 Å². The van der Waals surface area contributed by atoms with Crippen molar-refractivity contribution in [3.8, 4) is 11.5 Å². The molecular weight excluding hydrogens is 404 g/mol. The highest BCUT2D eigenvalue weighted by molar-refractivity contribution is 7.89. The molecule has 4 rings (SSSR count). The number of carbonyl (C=O) groups excluding carboxylic acids is 1. The molecule has 1 aromatic rings. The van der Waals surface area contributed by atoms with Gasteiger partial charge in [-0.2, -0.15) is 4.31 Å². The molecule has 2 aliphatic heterocycles. The number of piperidine rings is 1. The highest BCUT2D eigenvalue weighted by Crippen LogP contribution is 2.35. The topological polar surface area (TPSA) is 76.2 Å². The van der Waals surface area contributed by atoms with Gasteiger partial charge in [0, 0.05) is 37.2 Å². The molecule has 8 heteroatoms. The van der Waals surface area contributed by atoms with E-state index in [-0.39, 0.29) is 22.8 Å². The van der Waals surface area contributed by atoms with Crippen molar-refractivity contribution in [3.63, 3.8) is 0 Å². The molecule has 0 N–H and O–H groups in total. The Kier molecular flexibility index (Phi) is 6.25. The number of carbonyl (C=O) groups is 1. The minimum atomic E-state index is -3.62. The van der Waals surface area contributed by atoms with Gasteiger partial charge in [0.1, 0.15) is 13.2 Å². The van der Waals surface area contributed by atoms with Gasteiger partial charge >= 0.3 is 0 Å². The number of rotatable bonds is 5. The molecule has 7 nitrogen and oxygen atoms in total. The lowest BCUT2D eigenvalue weighted by Crippen LogP contribution is -2.49. The third kappa shape index (κ3) is 4.17. The van der Waals surface area contributed by atoms with Crippen LogP contribution in [0.25, 0.3) is 0 Å². The lowest BCUT2D eigenvalue weighted by atomic mass is 9.95. The predicted molar refractivity (Wildman–Crippen MR) is 113 cm³/mol. The van der Waals surface area contributed by atoms with Crippen LogP contribution in [0.4, 0.5) is 0 Å².